The van der Waals surface area contributed by atoms with Crippen molar-refractivity contribution in [1.82, 2.24) is 5.32 Å². The zero-order valence-corrected chi connectivity index (χ0v) is 12.6. The van der Waals surface area contributed by atoms with Gasteiger partial charge >= 0.3 is 5.97 Å². The molecule has 0 saturated heterocycles. The molecule has 0 aromatic carbocycles. The Morgan fingerprint density at radius 3 is 2.74 bits per heavy atom. The van der Waals surface area contributed by atoms with Crippen LogP contribution in [0.15, 0.2) is 0 Å². The molecule has 19 heavy (non-hydrogen) atoms. The standard InChI is InChI=1S/C15H29NO3/c1-12-7-6-8-13(11-12)19-10-5-4-9-15(2,16-3)14(17)18/h12-13,16H,4-11H2,1-3H3,(H,17,18). The van der Waals surface area contributed by atoms with E-state index in [9.17, 15) is 4.79 Å². The van der Waals surface area contributed by atoms with Crippen LogP contribution in [0.2, 0.25) is 0 Å². The number of carboxylic acids is 1. The van der Waals surface area contributed by atoms with Crippen LogP contribution in [0.25, 0.3) is 0 Å². The number of ether oxygens (including phenoxy) is 1. The van der Waals surface area contributed by atoms with Crippen LogP contribution < -0.4 is 5.32 Å². The zero-order valence-electron chi connectivity index (χ0n) is 12.6. The minimum Gasteiger partial charge on any atom is -0.480 e. The maximum atomic E-state index is 11.1. The molecule has 1 fully saturated rings. The zero-order chi connectivity index (χ0) is 14.3. The summed E-state index contributed by atoms with van der Waals surface area (Å²) in [5.41, 5.74) is -0.806. The molecule has 1 aliphatic rings. The number of unbranched alkanes of at least 4 members (excludes halogenated alkanes) is 1. The molecular weight excluding hydrogens is 242 g/mol. The number of aliphatic carboxylic acids is 1. The van der Waals surface area contributed by atoms with Crippen molar-refractivity contribution in [1.29, 1.82) is 0 Å². The number of hydrogen-bond acceptors (Lipinski definition) is 3. The summed E-state index contributed by atoms with van der Waals surface area (Å²) >= 11 is 0. The third-order valence-corrected chi connectivity index (χ3v) is 4.34. The number of carboxylic acid groups (broad SMARTS) is 1. The number of hydrogen-bond donors (Lipinski definition) is 2. The second kappa shape index (κ2) is 7.85. The van der Waals surface area contributed by atoms with Gasteiger partial charge < -0.3 is 15.2 Å². The summed E-state index contributed by atoms with van der Waals surface area (Å²) in [7, 11) is 1.70. The molecule has 3 unspecified atom stereocenters. The van der Waals surface area contributed by atoms with Gasteiger partial charge in [-0.05, 0) is 52.0 Å². The largest absolute Gasteiger partial charge is 0.480 e. The maximum Gasteiger partial charge on any atom is 0.323 e. The van der Waals surface area contributed by atoms with Gasteiger partial charge in [-0.1, -0.05) is 19.8 Å². The van der Waals surface area contributed by atoms with Crippen molar-refractivity contribution in [2.24, 2.45) is 5.92 Å². The van der Waals surface area contributed by atoms with E-state index in [-0.39, 0.29) is 0 Å². The summed E-state index contributed by atoms with van der Waals surface area (Å²) in [4.78, 5) is 11.1. The molecule has 0 aliphatic heterocycles. The number of carbonyl (C=O) groups is 1. The van der Waals surface area contributed by atoms with Gasteiger partial charge in [0.15, 0.2) is 0 Å². The van der Waals surface area contributed by atoms with Gasteiger partial charge in [0.1, 0.15) is 5.54 Å². The lowest BCUT2D eigenvalue weighted by Gasteiger charge is -2.27. The predicted octanol–water partition coefficient (Wildman–Crippen LogP) is 2.81. The summed E-state index contributed by atoms with van der Waals surface area (Å²) in [5.74, 6) is 0.00960. The molecule has 0 aromatic rings. The van der Waals surface area contributed by atoms with Crippen molar-refractivity contribution in [2.75, 3.05) is 13.7 Å². The molecule has 112 valence electrons. The Hall–Kier alpha value is -0.610. The highest BCUT2D eigenvalue weighted by Gasteiger charge is 2.30. The summed E-state index contributed by atoms with van der Waals surface area (Å²) in [6, 6.07) is 0. The first-order chi connectivity index (χ1) is 8.98. The Morgan fingerprint density at radius 1 is 1.42 bits per heavy atom. The van der Waals surface area contributed by atoms with E-state index in [0.717, 1.165) is 25.4 Å². The van der Waals surface area contributed by atoms with Gasteiger partial charge in [0.25, 0.3) is 0 Å². The minimum absolute atomic E-state index is 0.430. The summed E-state index contributed by atoms with van der Waals surface area (Å²) in [6.07, 6.45) is 7.88. The van der Waals surface area contributed by atoms with Crippen LogP contribution in [-0.4, -0.2) is 36.4 Å². The normalized spacial score (nSPS) is 26.9. The van der Waals surface area contributed by atoms with E-state index in [0.29, 0.717) is 12.5 Å². The van der Waals surface area contributed by atoms with Crippen LogP contribution in [-0.2, 0) is 9.53 Å². The van der Waals surface area contributed by atoms with Crippen molar-refractivity contribution >= 4 is 5.97 Å². The van der Waals surface area contributed by atoms with E-state index in [1.165, 1.54) is 25.7 Å². The van der Waals surface area contributed by atoms with Crippen LogP contribution in [0.3, 0.4) is 0 Å². The molecule has 0 spiro atoms. The molecule has 0 heterocycles. The van der Waals surface area contributed by atoms with E-state index < -0.39 is 11.5 Å². The minimum atomic E-state index is -0.806. The lowest BCUT2D eigenvalue weighted by Crippen LogP contribution is -2.47. The van der Waals surface area contributed by atoms with E-state index >= 15 is 0 Å². The first-order valence-electron chi connectivity index (χ1n) is 7.52. The predicted molar refractivity (Wildman–Crippen MR) is 76.3 cm³/mol. The van der Waals surface area contributed by atoms with Crippen LogP contribution in [0.5, 0.6) is 0 Å². The third kappa shape index (κ3) is 5.49. The van der Waals surface area contributed by atoms with Crippen LogP contribution in [0.4, 0.5) is 0 Å². The average Bonchev–Trinajstić information content (AvgIpc) is 2.38. The summed E-state index contributed by atoms with van der Waals surface area (Å²) in [5, 5.41) is 12.0. The Morgan fingerprint density at radius 2 is 2.16 bits per heavy atom. The second-order valence-corrected chi connectivity index (χ2v) is 6.11. The van der Waals surface area contributed by atoms with Gasteiger partial charge in [0.05, 0.1) is 6.10 Å². The van der Waals surface area contributed by atoms with Crippen molar-refractivity contribution in [3.8, 4) is 0 Å². The topological polar surface area (TPSA) is 58.6 Å². The maximum absolute atomic E-state index is 11.1. The fourth-order valence-corrected chi connectivity index (χ4v) is 2.70. The van der Waals surface area contributed by atoms with E-state index in [4.69, 9.17) is 9.84 Å². The van der Waals surface area contributed by atoms with Crippen molar-refractivity contribution < 1.29 is 14.6 Å². The first kappa shape index (κ1) is 16.4. The van der Waals surface area contributed by atoms with E-state index in [2.05, 4.69) is 12.2 Å². The van der Waals surface area contributed by atoms with Crippen LogP contribution in [0.1, 0.15) is 58.8 Å². The van der Waals surface area contributed by atoms with Gasteiger partial charge in [-0.25, -0.2) is 0 Å². The summed E-state index contributed by atoms with van der Waals surface area (Å²) < 4.78 is 5.89. The Bertz CT molecular complexity index is 283. The van der Waals surface area contributed by atoms with Crippen molar-refractivity contribution in [3.05, 3.63) is 0 Å². The molecule has 1 aliphatic carbocycles. The number of rotatable bonds is 8. The van der Waals surface area contributed by atoms with Gasteiger partial charge in [-0.2, -0.15) is 0 Å². The molecule has 1 rings (SSSR count). The highest BCUT2D eigenvalue weighted by atomic mass is 16.5. The van der Waals surface area contributed by atoms with Crippen molar-refractivity contribution in [3.63, 3.8) is 0 Å². The monoisotopic (exact) mass is 271 g/mol. The van der Waals surface area contributed by atoms with Crippen molar-refractivity contribution in [2.45, 2.75) is 70.4 Å². The highest BCUT2D eigenvalue weighted by molar-refractivity contribution is 5.78. The molecule has 2 N–H and O–H groups in total. The lowest BCUT2D eigenvalue weighted by atomic mass is 9.89. The van der Waals surface area contributed by atoms with Gasteiger partial charge in [-0.15, -0.1) is 0 Å². The Kier molecular flexibility index (Phi) is 6.80. The van der Waals surface area contributed by atoms with Gasteiger partial charge in [0.2, 0.25) is 0 Å². The smallest absolute Gasteiger partial charge is 0.323 e. The lowest BCUT2D eigenvalue weighted by molar-refractivity contribution is -0.144. The number of nitrogens with one attached hydrogen (secondary N) is 1. The molecular formula is C15H29NO3. The molecule has 3 atom stereocenters. The third-order valence-electron chi connectivity index (χ3n) is 4.34. The molecule has 0 radical (unpaired) electrons. The first-order valence-corrected chi connectivity index (χ1v) is 7.52. The molecule has 4 nitrogen and oxygen atoms in total. The second-order valence-electron chi connectivity index (χ2n) is 6.11. The molecule has 0 bridgehead atoms. The molecule has 0 amide bonds. The molecule has 0 aromatic heterocycles. The van der Waals surface area contributed by atoms with Gasteiger partial charge in [0, 0.05) is 6.61 Å². The molecule has 1 saturated carbocycles. The molecule has 4 heteroatoms. The van der Waals surface area contributed by atoms with E-state index in [1.807, 2.05) is 0 Å². The summed E-state index contributed by atoms with van der Waals surface area (Å²) in [6.45, 7) is 4.79. The fraction of sp³-hybridized carbons (Fsp3) is 0.933. The fourth-order valence-electron chi connectivity index (χ4n) is 2.70. The average molecular weight is 271 g/mol. The van der Waals surface area contributed by atoms with Crippen LogP contribution >= 0.6 is 0 Å². The SMILES string of the molecule is CNC(C)(CCCCOC1CCCC(C)C1)C(=O)O. The Labute approximate surface area is 116 Å². The van der Waals surface area contributed by atoms with E-state index in [1.54, 1.807) is 14.0 Å². The quantitative estimate of drug-likeness (QED) is 0.666. The van der Waals surface area contributed by atoms with Crippen LogP contribution in [0, 0.1) is 5.92 Å². The Balaban J connectivity index is 2.12. The number of likely N-dealkylation sites (N-methyl/N-ethyl adjacent to an activating group) is 1. The van der Waals surface area contributed by atoms with Gasteiger partial charge in [-0.3, -0.25) is 4.79 Å². The highest BCUT2D eigenvalue weighted by Crippen LogP contribution is 2.26.